The van der Waals surface area contributed by atoms with Crippen molar-refractivity contribution < 1.29 is 19.4 Å². The fourth-order valence-corrected chi connectivity index (χ4v) is 3.24. The van der Waals surface area contributed by atoms with Crippen LogP contribution in [0.5, 0.6) is 17.2 Å². The van der Waals surface area contributed by atoms with E-state index in [1.807, 2.05) is 48.5 Å². The Morgan fingerprint density at radius 1 is 1.03 bits per heavy atom. The Balaban J connectivity index is 1.42. The number of amides is 1. The first-order chi connectivity index (χ1) is 15.1. The number of phenolic OH excluding ortho intramolecular Hbond substituents is 1. The van der Waals surface area contributed by atoms with E-state index < -0.39 is 0 Å². The normalized spacial score (nSPS) is 11.0. The van der Waals surface area contributed by atoms with Crippen molar-refractivity contribution in [2.75, 3.05) is 27.3 Å². The number of carbonyl (C=O) groups is 1. The first-order valence-corrected chi connectivity index (χ1v) is 10.1. The van der Waals surface area contributed by atoms with Gasteiger partial charge in [0.15, 0.2) is 11.5 Å². The van der Waals surface area contributed by atoms with Crippen molar-refractivity contribution in [3.8, 4) is 17.2 Å². The molecule has 3 N–H and O–H groups in total. The van der Waals surface area contributed by atoms with Crippen LogP contribution in [0.3, 0.4) is 0 Å². The number of hydrazone groups is 1. The molecule has 1 amide bonds. The van der Waals surface area contributed by atoms with Crippen LogP contribution in [0.25, 0.3) is 10.8 Å². The molecule has 0 saturated carbocycles. The topological polar surface area (TPSA) is 92.2 Å². The lowest BCUT2D eigenvalue weighted by Crippen LogP contribution is -2.25. The number of benzene rings is 3. The average Bonchev–Trinajstić information content (AvgIpc) is 2.80. The summed E-state index contributed by atoms with van der Waals surface area (Å²) in [5.41, 5.74) is 4.20. The molecule has 0 aromatic heterocycles. The van der Waals surface area contributed by atoms with Gasteiger partial charge in [-0.15, -0.1) is 0 Å². The van der Waals surface area contributed by atoms with E-state index in [9.17, 15) is 9.90 Å². The molecule has 0 saturated heterocycles. The number of ether oxygens (including phenoxy) is 2. The second kappa shape index (κ2) is 11.0. The van der Waals surface area contributed by atoms with Gasteiger partial charge < -0.3 is 19.9 Å². The van der Waals surface area contributed by atoms with Crippen molar-refractivity contribution in [2.24, 2.45) is 5.10 Å². The van der Waals surface area contributed by atoms with E-state index in [-0.39, 0.29) is 11.7 Å². The Morgan fingerprint density at radius 2 is 1.84 bits per heavy atom. The SMILES string of the molecule is COc1ccc(CCNCCC(=O)N/N=C\c2c(O)ccc3ccccc23)cc1OC. The maximum absolute atomic E-state index is 12.0. The minimum Gasteiger partial charge on any atom is -0.507 e. The summed E-state index contributed by atoms with van der Waals surface area (Å²) < 4.78 is 10.5. The number of carbonyl (C=O) groups excluding carboxylic acids is 1. The molecule has 0 fully saturated rings. The van der Waals surface area contributed by atoms with Gasteiger partial charge >= 0.3 is 0 Å². The summed E-state index contributed by atoms with van der Waals surface area (Å²) in [7, 11) is 3.22. The first kappa shape index (κ1) is 22.1. The largest absolute Gasteiger partial charge is 0.507 e. The van der Waals surface area contributed by atoms with E-state index in [0.717, 1.165) is 29.3 Å². The van der Waals surface area contributed by atoms with Crippen molar-refractivity contribution in [3.63, 3.8) is 0 Å². The number of hydrogen-bond acceptors (Lipinski definition) is 6. The van der Waals surface area contributed by atoms with Gasteiger partial charge in [-0.25, -0.2) is 5.43 Å². The molecule has 7 heteroatoms. The van der Waals surface area contributed by atoms with E-state index in [1.165, 1.54) is 6.21 Å². The minimum absolute atomic E-state index is 0.119. The van der Waals surface area contributed by atoms with Crippen LogP contribution in [-0.2, 0) is 11.2 Å². The quantitative estimate of drug-likeness (QED) is 0.266. The summed E-state index contributed by atoms with van der Waals surface area (Å²) in [5.74, 6) is 1.32. The molecule has 3 aromatic carbocycles. The predicted molar refractivity (Wildman–Crippen MR) is 122 cm³/mol. The van der Waals surface area contributed by atoms with Crippen LogP contribution in [0.4, 0.5) is 0 Å². The van der Waals surface area contributed by atoms with Crippen molar-refractivity contribution in [1.82, 2.24) is 10.7 Å². The van der Waals surface area contributed by atoms with Gasteiger partial charge in [0.05, 0.1) is 20.4 Å². The standard InChI is InChI=1S/C24H27N3O4/c1-30-22-10-7-17(15-23(22)31-2)11-13-25-14-12-24(29)27-26-16-20-19-6-4-3-5-18(19)8-9-21(20)28/h3-10,15-16,25,28H,11-14H2,1-2H3,(H,27,29)/b26-16-. The summed E-state index contributed by atoms with van der Waals surface area (Å²) in [6.07, 6.45) is 2.57. The lowest BCUT2D eigenvalue weighted by Gasteiger charge is -2.10. The highest BCUT2D eigenvalue weighted by Crippen LogP contribution is 2.27. The molecule has 0 aliphatic heterocycles. The minimum atomic E-state index is -0.199. The molecule has 0 heterocycles. The van der Waals surface area contributed by atoms with E-state index in [1.54, 1.807) is 20.3 Å². The van der Waals surface area contributed by atoms with E-state index in [4.69, 9.17) is 9.47 Å². The maximum Gasteiger partial charge on any atom is 0.241 e. The first-order valence-electron chi connectivity index (χ1n) is 10.1. The van der Waals surface area contributed by atoms with Crippen LogP contribution in [0.1, 0.15) is 17.5 Å². The third-order valence-electron chi connectivity index (χ3n) is 4.90. The molecule has 0 bridgehead atoms. The molecule has 3 aromatic rings. The van der Waals surface area contributed by atoms with Gasteiger partial charge in [0.2, 0.25) is 5.91 Å². The van der Waals surface area contributed by atoms with Crippen molar-refractivity contribution in [1.29, 1.82) is 0 Å². The fraction of sp³-hybridized carbons (Fsp3) is 0.250. The van der Waals surface area contributed by atoms with Gasteiger partial charge in [0.1, 0.15) is 5.75 Å². The number of phenols is 1. The van der Waals surface area contributed by atoms with E-state index >= 15 is 0 Å². The molecule has 31 heavy (non-hydrogen) atoms. The van der Waals surface area contributed by atoms with Crippen LogP contribution in [0.2, 0.25) is 0 Å². The molecule has 0 unspecified atom stereocenters. The summed E-state index contributed by atoms with van der Waals surface area (Å²) in [6.45, 7) is 1.27. The van der Waals surface area contributed by atoms with Gasteiger partial charge in [-0.2, -0.15) is 5.10 Å². The highest BCUT2D eigenvalue weighted by molar-refractivity contribution is 6.02. The molecule has 7 nitrogen and oxygen atoms in total. The Kier molecular flexibility index (Phi) is 7.84. The predicted octanol–water partition coefficient (Wildman–Crippen LogP) is 3.24. The number of aromatic hydroxyl groups is 1. The van der Waals surface area contributed by atoms with Crippen LogP contribution < -0.4 is 20.2 Å². The molecular weight excluding hydrogens is 394 g/mol. The third kappa shape index (κ3) is 5.96. The number of hydrogen-bond donors (Lipinski definition) is 3. The summed E-state index contributed by atoms with van der Waals surface area (Å²) in [6, 6.07) is 17.0. The summed E-state index contributed by atoms with van der Waals surface area (Å²) in [5, 5.41) is 19.2. The molecule has 0 radical (unpaired) electrons. The van der Waals surface area contributed by atoms with Crippen LogP contribution in [0.15, 0.2) is 59.7 Å². The van der Waals surface area contributed by atoms with Crippen molar-refractivity contribution in [2.45, 2.75) is 12.8 Å². The highest BCUT2D eigenvalue weighted by atomic mass is 16.5. The smallest absolute Gasteiger partial charge is 0.241 e. The molecular formula is C24H27N3O4. The van der Waals surface area contributed by atoms with Gasteiger partial charge in [0.25, 0.3) is 0 Å². The Labute approximate surface area is 181 Å². The average molecular weight is 421 g/mol. The monoisotopic (exact) mass is 421 g/mol. The zero-order valence-electron chi connectivity index (χ0n) is 17.7. The summed E-state index contributed by atoms with van der Waals surface area (Å²) in [4.78, 5) is 12.0. The van der Waals surface area contributed by atoms with Gasteiger partial charge in [0, 0.05) is 18.5 Å². The van der Waals surface area contributed by atoms with Gasteiger partial charge in [-0.05, 0) is 47.5 Å². The second-order valence-electron chi connectivity index (χ2n) is 6.95. The fourth-order valence-electron chi connectivity index (χ4n) is 3.24. The van der Waals surface area contributed by atoms with Crippen LogP contribution in [-0.4, -0.2) is 44.5 Å². The third-order valence-corrected chi connectivity index (χ3v) is 4.90. The number of methoxy groups -OCH3 is 2. The number of nitrogens with one attached hydrogen (secondary N) is 2. The Hall–Kier alpha value is -3.58. The lowest BCUT2D eigenvalue weighted by atomic mass is 10.0. The molecule has 0 atom stereocenters. The lowest BCUT2D eigenvalue weighted by molar-refractivity contribution is -0.120. The molecule has 0 spiro atoms. The molecule has 0 aliphatic carbocycles. The number of fused-ring (bicyclic) bond motifs is 1. The van der Waals surface area contributed by atoms with Gasteiger partial charge in [-0.3, -0.25) is 4.79 Å². The van der Waals surface area contributed by atoms with Gasteiger partial charge in [-0.1, -0.05) is 36.4 Å². The molecule has 3 rings (SSSR count). The van der Waals surface area contributed by atoms with E-state index in [0.29, 0.717) is 30.0 Å². The Morgan fingerprint density at radius 3 is 2.65 bits per heavy atom. The summed E-state index contributed by atoms with van der Waals surface area (Å²) >= 11 is 0. The highest BCUT2D eigenvalue weighted by Gasteiger charge is 2.06. The molecule has 162 valence electrons. The molecule has 0 aliphatic rings. The van der Waals surface area contributed by atoms with Crippen LogP contribution in [0, 0.1) is 0 Å². The second-order valence-corrected chi connectivity index (χ2v) is 6.95. The van der Waals surface area contributed by atoms with Crippen LogP contribution >= 0.6 is 0 Å². The maximum atomic E-state index is 12.0. The zero-order valence-corrected chi connectivity index (χ0v) is 17.7. The van der Waals surface area contributed by atoms with E-state index in [2.05, 4.69) is 15.8 Å². The van der Waals surface area contributed by atoms with Crippen molar-refractivity contribution in [3.05, 3.63) is 65.7 Å². The number of nitrogens with zero attached hydrogens (tertiary/aromatic N) is 1. The Bertz CT molecular complexity index is 1070. The zero-order chi connectivity index (χ0) is 22.1. The van der Waals surface area contributed by atoms with Crippen molar-refractivity contribution >= 4 is 22.9 Å². The number of rotatable bonds is 10.